The Bertz CT molecular complexity index is 389. The van der Waals surface area contributed by atoms with E-state index in [0.29, 0.717) is 12.3 Å². The van der Waals surface area contributed by atoms with Crippen LogP contribution in [0.25, 0.3) is 0 Å². The molecule has 1 aromatic carbocycles. The Morgan fingerprint density at radius 3 is 2.47 bits per heavy atom. The standard InChI is InChI=1S/C12H14BrNO3/c1-2-17-12(16)8-7-11(15)14-10-5-3-9(13)4-6-10/h3-6H,2,7-8H2,1H3,(H,14,15). The fourth-order valence-corrected chi connectivity index (χ4v) is 1.47. The van der Waals surface area contributed by atoms with Crippen molar-refractivity contribution in [2.24, 2.45) is 0 Å². The second-order valence-electron chi connectivity index (χ2n) is 3.36. The zero-order chi connectivity index (χ0) is 12.7. The molecule has 0 aromatic heterocycles. The van der Waals surface area contributed by atoms with E-state index in [-0.39, 0.29) is 24.7 Å². The fourth-order valence-electron chi connectivity index (χ4n) is 1.21. The third-order valence-electron chi connectivity index (χ3n) is 1.99. The van der Waals surface area contributed by atoms with Gasteiger partial charge in [-0.2, -0.15) is 0 Å². The van der Waals surface area contributed by atoms with Crippen molar-refractivity contribution in [3.8, 4) is 0 Å². The molecule has 1 amide bonds. The summed E-state index contributed by atoms with van der Waals surface area (Å²) in [6.45, 7) is 2.08. The highest BCUT2D eigenvalue weighted by atomic mass is 79.9. The molecule has 0 heterocycles. The van der Waals surface area contributed by atoms with Crippen LogP contribution >= 0.6 is 15.9 Å². The van der Waals surface area contributed by atoms with Gasteiger partial charge in [-0.3, -0.25) is 9.59 Å². The Morgan fingerprint density at radius 2 is 1.88 bits per heavy atom. The number of ether oxygens (including phenoxy) is 1. The Morgan fingerprint density at radius 1 is 1.24 bits per heavy atom. The second kappa shape index (κ2) is 7.06. The van der Waals surface area contributed by atoms with Crippen molar-refractivity contribution in [2.75, 3.05) is 11.9 Å². The first-order valence-corrected chi connectivity index (χ1v) is 6.12. The lowest BCUT2D eigenvalue weighted by Crippen LogP contribution is -2.14. The topological polar surface area (TPSA) is 55.4 Å². The fraction of sp³-hybridized carbons (Fsp3) is 0.333. The van der Waals surface area contributed by atoms with Gasteiger partial charge in [-0.25, -0.2) is 0 Å². The van der Waals surface area contributed by atoms with Gasteiger partial charge < -0.3 is 10.1 Å². The average molecular weight is 300 g/mol. The van der Waals surface area contributed by atoms with Crippen molar-refractivity contribution in [1.29, 1.82) is 0 Å². The molecule has 0 spiro atoms. The lowest BCUT2D eigenvalue weighted by Gasteiger charge is -2.05. The number of halogens is 1. The summed E-state index contributed by atoms with van der Waals surface area (Å²) in [5.74, 6) is -0.543. The predicted molar refractivity (Wildman–Crippen MR) is 68.6 cm³/mol. The molecule has 0 saturated heterocycles. The summed E-state index contributed by atoms with van der Waals surface area (Å²) in [6, 6.07) is 7.24. The quantitative estimate of drug-likeness (QED) is 0.851. The van der Waals surface area contributed by atoms with Crippen molar-refractivity contribution < 1.29 is 14.3 Å². The number of benzene rings is 1. The minimum Gasteiger partial charge on any atom is -0.466 e. The molecule has 0 unspecified atom stereocenters. The van der Waals surface area contributed by atoms with Crippen molar-refractivity contribution in [1.82, 2.24) is 0 Å². The van der Waals surface area contributed by atoms with E-state index >= 15 is 0 Å². The molecule has 0 aliphatic rings. The largest absolute Gasteiger partial charge is 0.466 e. The Labute approximate surface area is 108 Å². The summed E-state index contributed by atoms with van der Waals surface area (Å²) < 4.78 is 5.68. The molecule has 5 heteroatoms. The molecule has 1 N–H and O–H groups in total. The number of hydrogen-bond donors (Lipinski definition) is 1. The van der Waals surface area contributed by atoms with Gasteiger partial charge in [0.25, 0.3) is 0 Å². The molecule has 0 aliphatic carbocycles. The second-order valence-corrected chi connectivity index (χ2v) is 4.28. The van der Waals surface area contributed by atoms with Crippen LogP contribution in [0.3, 0.4) is 0 Å². The molecule has 0 bridgehead atoms. The Hall–Kier alpha value is -1.36. The van der Waals surface area contributed by atoms with Gasteiger partial charge in [0.1, 0.15) is 0 Å². The van der Waals surface area contributed by atoms with Gasteiger partial charge in [-0.05, 0) is 31.2 Å². The molecule has 0 fully saturated rings. The molecule has 0 aliphatic heterocycles. The van der Waals surface area contributed by atoms with Gasteiger partial charge in [0.2, 0.25) is 5.91 Å². The van der Waals surface area contributed by atoms with E-state index in [2.05, 4.69) is 21.2 Å². The van der Waals surface area contributed by atoms with Crippen LogP contribution in [0.15, 0.2) is 28.7 Å². The molecular formula is C12H14BrNO3. The summed E-state index contributed by atoms with van der Waals surface area (Å²) in [5, 5.41) is 2.70. The molecule has 0 radical (unpaired) electrons. The normalized spacial score (nSPS) is 9.76. The number of carbonyl (C=O) groups is 2. The summed E-state index contributed by atoms with van der Waals surface area (Å²) in [5.41, 5.74) is 0.710. The number of esters is 1. The van der Waals surface area contributed by atoms with Crippen LogP contribution in [0.2, 0.25) is 0 Å². The van der Waals surface area contributed by atoms with Gasteiger partial charge in [-0.15, -0.1) is 0 Å². The van der Waals surface area contributed by atoms with E-state index in [1.54, 1.807) is 19.1 Å². The maximum atomic E-state index is 11.5. The molecule has 0 atom stereocenters. The Balaban J connectivity index is 2.34. The minimum absolute atomic E-state index is 0.107. The Kier molecular flexibility index (Phi) is 5.69. The first-order chi connectivity index (χ1) is 8.11. The SMILES string of the molecule is CCOC(=O)CCC(=O)Nc1ccc(Br)cc1. The van der Waals surface area contributed by atoms with E-state index in [1.165, 1.54) is 0 Å². The van der Waals surface area contributed by atoms with E-state index in [9.17, 15) is 9.59 Å². The number of nitrogens with one attached hydrogen (secondary N) is 1. The highest BCUT2D eigenvalue weighted by Gasteiger charge is 2.07. The van der Waals surface area contributed by atoms with E-state index in [0.717, 1.165) is 4.47 Å². The highest BCUT2D eigenvalue weighted by Crippen LogP contribution is 2.14. The number of carbonyl (C=O) groups excluding carboxylic acids is 2. The summed E-state index contributed by atoms with van der Waals surface area (Å²) in [6.07, 6.45) is 0.241. The first-order valence-electron chi connectivity index (χ1n) is 5.33. The third kappa shape index (κ3) is 5.49. The van der Waals surface area contributed by atoms with Crippen LogP contribution in [0.5, 0.6) is 0 Å². The minimum atomic E-state index is -0.349. The lowest BCUT2D eigenvalue weighted by atomic mass is 10.2. The number of hydrogen-bond acceptors (Lipinski definition) is 3. The van der Waals surface area contributed by atoms with Crippen LogP contribution in [0.1, 0.15) is 19.8 Å². The zero-order valence-electron chi connectivity index (χ0n) is 9.53. The monoisotopic (exact) mass is 299 g/mol. The van der Waals surface area contributed by atoms with Crippen LogP contribution in [0, 0.1) is 0 Å². The van der Waals surface area contributed by atoms with Crippen LogP contribution in [-0.4, -0.2) is 18.5 Å². The molecule has 0 saturated carbocycles. The summed E-state index contributed by atoms with van der Waals surface area (Å²) in [7, 11) is 0. The van der Waals surface area contributed by atoms with Crippen molar-refractivity contribution in [3.63, 3.8) is 0 Å². The van der Waals surface area contributed by atoms with Crippen molar-refractivity contribution >= 4 is 33.5 Å². The highest BCUT2D eigenvalue weighted by molar-refractivity contribution is 9.10. The lowest BCUT2D eigenvalue weighted by molar-refractivity contribution is -0.144. The maximum Gasteiger partial charge on any atom is 0.306 e. The van der Waals surface area contributed by atoms with Gasteiger partial charge in [0.15, 0.2) is 0 Å². The molecule has 92 valence electrons. The number of anilines is 1. The third-order valence-corrected chi connectivity index (χ3v) is 2.52. The van der Waals surface area contributed by atoms with Gasteiger partial charge in [-0.1, -0.05) is 15.9 Å². The van der Waals surface area contributed by atoms with E-state index < -0.39 is 0 Å². The predicted octanol–water partition coefficient (Wildman–Crippen LogP) is 2.73. The van der Waals surface area contributed by atoms with Crippen molar-refractivity contribution in [3.05, 3.63) is 28.7 Å². The van der Waals surface area contributed by atoms with Gasteiger partial charge in [0, 0.05) is 16.6 Å². The first kappa shape index (κ1) is 13.7. The molecule has 17 heavy (non-hydrogen) atoms. The number of amides is 1. The van der Waals surface area contributed by atoms with Crippen LogP contribution in [0.4, 0.5) is 5.69 Å². The molecule has 1 aromatic rings. The molecule has 4 nitrogen and oxygen atoms in total. The van der Waals surface area contributed by atoms with Gasteiger partial charge in [0.05, 0.1) is 13.0 Å². The zero-order valence-corrected chi connectivity index (χ0v) is 11.1. The van der Waals surface area contributed by atoms with Crippen molar-refractivity contribution in [2.45, 2.75) is 19.8 Å². The smallest absolute Gasteiger partial charge is 0.306 e. The number of rotatable bonds is 5. The molecular weight excluding hydrogens is 286 g/mol. The van der Waals surface area contributed by atoms with Crippen LogP contribution in [-0.2, 0) is 14.3 Å². The summed E-state index contributed by atoms with van der Waals surface area (Å²) >= 11 is 3.30. The van der Waals surface area contributed by atoms with Gasteiger partial charge >= 0.3 is 5.97 Å². The summed E-state index contributed by atoms with van der Waals surface area (Å²) in [4.78, 5) is 22.5. The average Bonchev–Trinajstić information content (AvgIpc) is 2.30. The van der Waals surface area contributed by atoms with E-state index in [4.69, 9.17) is 4.74 Å². The van der Waals surface area contributed by atoms with E-state index in [1.807, 2.05) is 12.1 Å². The molecule has 1 rings (SSSR count). The van der Waals surface area contributed by atoms with Crippen LogP contribution < -0.4 is 5.32 Å². The maximum absolute atomic E-state index is 11.5.